The number of aliphatic hydroxyl groups excluding tert-OH is 1. The zero-order valence-electron chi connectivity index (χ0n) is 13.5. The molecule has 0 radical (unpaired) electrons. The van der Waals surface area contributed by atoms with E-state index in [1.807, 2.05) is 17.5 Å². The normalized spacial score (nSPS) is 21.3. The minimum Gasteiger partial charge on any atom is -0.388 e. The van der Waals surface area contributed by atoms with Crippen molar-refractivity contribution in [3.63, 3.8) is 0 Å². The van der Waals surface area contributed by atoms with Gasteiger partial charge in [-0.3, -0.25) is 9.69 Å². The Hall–Kier alpha value is -0.910. The van der Waals surface area contributed by atoms with Crippen molar-refractivity contribution in [2.75, 3.05) is 19.6 Å². The molecule has 1 aliphatic heterocycles. The number of nitrogens with zero attached hydrogens (tertiary/aromatic N) is 1. The smallest absolute Gasteiger partial charge is 0.234 e. The third-order valence-electron chi connectivity index (χ3n) is 4.28. The van der Waals surface area contributed by atoms with Crippen LogP contribution >= 0.6 is 11.3 Å². The Morgan fingerprint density at radius 3 is 3.09 bits per heavy atom. The molecule has 1 amide bonds. The minimum absolute atomic E-state index is 0.111. The molecule has 0 bridgehead atoms. The van der Waals surface area contributed by atoms with E-state index in [1.54, 1.807) is 11.3 Å². The summed E-state index contributed by atoms with van der Waals surface area (Å²) in [6, 6.07) is 4.27. The Morgan fingerprint density at radius 2 is 2.36 bits per heavy atom. The van der Waals surface area contributed by atoms with Gasteiger partial charge in [0.2, 0.25) is 5.91 Å². The molecule has 1 fully saturated rings. The highest BCUT2D eigenvalue weighted by atomic mass is 32.1. The Morgan fingerprint density at radius 1 is 1.50 bits per heavy atom. The predicted molar refractivity (Wildman–Crippen MR) is 91.0 cm³/mol. The topological polar surface area (TPSA) is 52.6 Å². The number of amides is 1. The van der Waals surface area contributed by atoms with Gasteiger partial charge in [0.15, 0.2) is 0 Å². The lowest BCUT2D eigenvalue weighted by Gasteiger charge is -2.30. The van der Waals surface area contributed by atoms with Crippen LogP contribution in [0.3, 0.4) is 0 Å². The number of nitrogens with one attached hydrogen (secondary N) is 1. The highest BCUT2D eigenvalue weighted by molar-refractivity contribution is 7.10. The number of thiophene rings is 1. The maximum Gasteiger partial charge on any atom is 0.234 e. The van der Waals surface area contributed by atoms with E-state index in [4.69, 9.17) is 0 Å². The number of carbonyl (C=O) groups is 1. The van der Waals surface area contributed by atoms with Crippen molar-refractivity contribution < 1.29 is 9.90 Å². The number of rotatable bonds is 7. The van der Waals surface area contributed by atoms with Gasteiger partial charge in [0.1, 0.15) is 0 Å². The molecule has 124 valence electrons. The fourth-order valence-corrected chi connectivity index (χ4v) is 3.80. The summed E-state index contributed by atoms with van der Waals surface area (Å²) in [5.41, 5.74) is 0. The van der Waals surface area contributed by atoms with Crippen molar-refractivity contribution in [1.82, 2.24) is 10.2 Å². The van der Waals surface area contributed by atoms with Crippen molar-refractivity contribution in [2.24, 2.45) is 0 Å². The van der Waals surface area contributed by atoms with Crippen LogP contribution in [0.1, 0.15) is 56.4 Å². The Kier molecular flexibility index (Phi) is 7.36. The van der Waals surface area contributed by atoms with Gasteiger partial charge in [-0.25, -0.2) is 0 Å². The van der Waals surface area contributed by atoms with E-state index in [2.05, 4.69) is 17.1 Å². The van der Waals surface area contributed by atoms with Gasteiger partial charge in [-0.2, -0.15) is 0 Å². The molecule has 2 rings (SSSR count). The third-order valence-corrected chi connectivity index (χ3v) is 5.26. The number of hydrogen-bond donors (Lipinski definition) is 2. The molecule has 0 aromatic carbocycles. The van der Waals surface area contributed by atoms with E-state index < -0.39 is 6.10 Å². The fourth-order valence-electron chi connectivity index (χ4n) is 3.07. The van der Waals surface area contributed by atoms with Crippen LogP contribution in [0.2, 0.25) is 0 Å². The van der Waals surface area contributed by atoms with Crippen LogP contribution in [0.5, 0.6) is 0 Å². The molecule has 0 spiro atoms. The molecule has 0 aliphatic carbocycles. The van der Waals surface area contributed by atoms with Gasteiger partial charge in [-0.05, 0) is 43.7 Å². The Balaban J connectivity index is 1.93. The Bertz CT molecular complexity index is 436. The molecule has 22 heavy (non-hydrogen) atoms. The van der Waals surface area contributed by atoms with E-state index in [0.717, 1.165) is 43.6 Å². The van der Waals surface area contributed by atoms with Crippen LogP contribution in [0.15, 0.2) is 17.5 Å². The van der Waals surface area contributed by atoms with E-state index in [9.17, 15) is 9.90 Å². The van der Waals surface area contributed by atoms with Crippen molar-refractivity contribution in [3.05, 3.63) is 22.4 Å². The van der Waals surface area contributed by atoms with Crippen LogP contribution in [-0.4, -0.2) is 41.6 Å². The highest BCUT2D eigenvalue weighted by Gasteiger charge is 2.26. The summed E-state index contributed by atoms with van der Waals surface area (Å²) in [6.07, 6.45) is 5.90. The minimum atomic E-state index is -0.413. The standard InChI is InChI=1S/C17H28N2O2S/c1-2-9-18-17(21)13-19-10-5-3-4-7-14(19)12-15(20)16-8-6-11-22-16/h6,8,11,14-15,20H,2-5,7,9-10,12-13H2,1H3,(H,18,21)/t14-,15-/m0/s1. The van der Waals surface area contributed by atoms with Gasteiger partial charge in [-0.15, -0.1) is 11.3 Å². The second-order valence-corrected chi connectivity index (χ2v) is 7.07. The first-order chi connectivity index (χ1) is 10.7. The first kappa shape index (κ1) is 17.4. The lowest BCUT2D eigenvalue weighted by Crippen LogP contribution is -2.43. The summed E-state index contributed by atoms with van der Waals surface area (Å²) < 4.78 is 0. The quantitative estimate of drug-likeness (QED) is 0.811. The first-order valence-corrected chi connectivity index (χ1v) is 9.31. The summed E-state index contributed by atoms with van der Waals surface area (Å²) in [7, 11) is 0. The van der Waals surface area contributed by atoms with E-state index in [0.29, 0.717) is 12.6 Å². The van der Waals surface area contributed by atoms with Crippen LogP contribution < -0.4 is 5.32 Å². The summed E-state index contributed by atoms with van der Waals surface area (Å²) in [5, 5.41) is 15.4. The van der Waals surface area contributed by atoms with Gasteiger partial charge in [0.05, 0.1) is 12.6 Å². The van der Waals surface area contributed by atoms with Crippen molar-refractivity contribution in [3.8, 4) is 0 Å². The van der Waals surface area contributed by atoms with Gasteiger partial charge < -0.3 is 10.4 Å². The average Bonchev–Trinajstić information content (AvgIpc) is 2.97. The molecule has 2 heterocycles. The summed E-state index contributed by atoms with van der Waals surface area (Å²) >= 11 is 1.60. The maximum absolute atomic E-state index is 12.0. The zero-order chi connectivity index (χ0) is 15.8. The lowest BCUT2D eigenvalue weighted by atomic mass is 10.0. The van der Waals surface area contributed by atoms with Crippen molar-refractivity contribution in [1.29, 1.82) is 0 Å². The largest absolute Gasteiger partial charge is 0.388 e. The number of aliphatic hydroxyl groups is 1. The summed E-state index contributed by atoms with van der Waals surface area (Å²) in [4.78, 5) is 15.3. The second-order valence-electron chi connectivity index (χ2n) is 6.09. The molecule has 1 saturated heterocycles. The van der Waals surface area contributed by atoms with Crippen LogP contribution in [-0.2, 0) is 4.79 Å². The monoisotopic (exact) mass is 324 g/mol. The maximum atomic E-state index is 12.0. The summed E-state index contributed by atoms with van der Waals surface area (Å²) in [6.45, 7) is 4.23. The first-order valence-electron chi connectivity index (χ1n) is 8.43. The number of hydrogen-bond acceptors (Lipinski definition) is 4. The van der Waals surface area contributed by atoms with Crippen molar-refractivity contribution in [2.45, 2.75) is 57.6 Å². The fraction of sp³-hybridized carbons (Fsp3) is 0.706. The molecular weight excluding hydrogens is 296 g/mol. The molecule has 0 unspecified atom stereocenters. The third kappa shape index (κ3) is 5.38. The molecule has 4 nitrogen and oxygen atoms in total. The predicted octanol–water partition coefficient (Wildman–Crippen LogP) is 2.94. The molecule has 1 aliphatic rings. The van der Waals surface area contributed by atoms with E-state index in [-0.39, 0.29) is 5.91 Å². The summed E-state index contributed by atoms with van der Waals surface area (Å²) in [5.74, 6) is 0.111. The molecule has 1 aromatic rings. The number of likely N-dealkylation sites (tertiary alicyclic amines) is 1. The highest BCUT2D eigenvalue weighted by Crippen LogP contribution is 2.28. The van der Waals surface area contributed by atoms with Gasteiger partial charge in [0.25, 0.3) is 0 Å². The van der Waals surface area contributed by atoms with Gasteiger partial charge >= 0.3 is 0 Å². The van der Waals surface area contributed by atoms with Crippen molar-refractivity contribution >= 4 is 17.2 Å². The lowest BCUT2D eigenvalue weighted by molar-refractivity contribution is -0.123. The zero-order valence-corrected chi connectivity index (χ0v) is 14.3. The van der Waals surface area contributed by atoms with E-state index >= 15 is 0 Å². The van der Waals surface area contributed by atoms with Gasteiger partial charge in [0, 0.05) is 17.5 Å². The van der Waals surface area contributed by atoms with Crippen LogP contribution in [0.4, 0.5) is 0 Å². The van der Waals surface area contributed by atoms with Crippen LogP contribution in [0, 0.1) is 0 Å². The van der Waals surface area contributed by atoms with Gasteiger partial charge in [-0.1, -0.05) is 25.8 Å². The molecule has 2 N–H and O–H groups in total. The number of carbonyl (C=O) groups excluding carboxylic acids is 1. The molecular formula is C17H28N2O2S. The molecule has 5 heteroatoms. The average molecular weight is 324 g/mol. The van der Waals surface area contributed by atoms with E-state index in [1.165, 1.54) is 12.8 Å². The Labute approximate surface area is 137 Å². The molecule has 1 aromatic heterocycles. The molecule has 2 atom stereocenters. The SMILES string of the molecule is CCCNC(=O)CN1CCCCC[C@H]1C[C@H](O)c1cccs1. The molecule has 0 saturated carbocycles. The second kappa shape index (κ2) is 9.28. The van der Waals surface area contributed by atoms with Crippen LogP contribution in [0.25, 0.3) is 0 Å².